The van der Waals surface area contributed by atoms with Crippen molar-refractivity contribution in [2.45, 2.75) is 24.7 Å². The molecule has 1 aromatic heterocycles. The minimum atomic E-state index is -4.01. The van der Waals surface area contributed by atoms with Gasteiger partial charge in [0.1, 0.15) is 4.90 Å². The smallest absolute Gasteiger partial charge is 0.265 e. The van der Waals surface area contributed by atoms with Gasteiger partial charge in [-0.15, -0.1) is 0 Å². The number of hydrogen-bond donors (Lipinski definition) is 2. The van der Waals surface area contributed by atoms with Crippen LogP contribution in [0.3, 0.4) is 0 Å². The number of para-hydroxylation sites is 2. The van der Waals surface area contributed by atoms with E-state index in [0.717, 1.165) is 17.8 Å². The third kappa shape index (κ3) is 3.54. The molecule has 0 spiro atoms. The number of rotatable bonds is 6. The molecule has 1 heterocycles. The van der Waals surface area contributed by atoms with E-state index in [1.165, 1.54) is 24.4 Å². The number of phenols is 1. The first-order chi connectivity index (χ1) is 12.4. The molecule has 0 fully saturated rings. The van der Waals surface area contributed by atoms with E-state index in [-0.39, 0.29) is 9.92 Å². The van der Waals surface area contributed by atoms with Crippen molar-refractivity contribution in [1.29, 1.82) is 0 Å². The summed E-state index contributed by atoms with van der Waals surface area (Å²) in [5, 5.41) is 14.3. The Balaban J connectivity index is 2.02. The summed E-state index contributed by atoms with van der Waals surface area (Å²) in [6, 6.07) is 13.7. The van der Waals surface area contributed by atoms with Crippen LogP contribution in [0.1, 0.15) is 19.0 Å². The quantitative estimate of drug-likeness (QED) is 0.665. The number of phenolic OH excluding ortho intramolecular Hbond substituents is 1. The lowest BCUT2D eigenvalue weighted by atomic mass is 10.2. The molecule has 8 heteroatoms. The monoisotopic (exact) mass is 391 g/mol. The predicted octanol–water partition coefficient (Wildman–Crippen LogP) is 3.98. The molecule has 0 aliphatic carbocycles. The fraction of sp³-hybridized carbons (Fsp3) is 0.167. The molecule has 3 aromatic rings. The van der Waals surface area contributed by atoms with E-state index in [4.69, 9.17) is 11.6 Å². The number of sulfonamides is 1. The van der Waals surface area contributed by atoms with Crippen LogP contribution in [0, 0.1) is 0 Å². The lowest BCUT2D eigenvalue weighted by Crippen LogP contribution is -2.14. The summed E-state index contributed by atoms with van der Waals surface area (Å²) in [7, 11) is -4.01. The molecule has 0 radical (unpaired) electrons. The molecule has 0 aliphatic rings. The number of aromatic nitrogens is 2. The van der Waals surface area contributed by atoms with Crippen molar-refractivity contribution >= 4 is 27.3 Å². The van der Waals surface area contributed by atoms with E-state index < -0.39 is 15.8 Å². The number of hydrogen-bond acceptors (Lipinski definition) is 4. The molecule has 136 valence electrons. The maximum absolute atomic E-state index is 12.7. The lowest BCUT2D eigenvalue weighted by molar-refractivity contribution is 0.459. The van der Waals surface area contributed by atoms with Crippen LogP contribution in [0.5, 0.6) is 5.75 Å². The molecule has 6 nitrogen and oxygen atoms in total. The summed E-state index contributed by atoms with van der Waals surface area (Å²) >= 11 is 5.83. The first-order valence-corrected chi connectivity index (χ1v) is 9.92. The van der Waals surface area contributed by atoms with Crippen molar-refractivity contribution in [2.75, 3.05) is 4.72 Å². The highest BCUT2D eigenvalue weighted by atomic mass is 35.5. The molecule has 0 saturated heterocycles. The van der Waals surface area contributed by atoms with E-state index >= 15 is 0 Å². The van der Waals surface area contributed by atoms with Crippen molar-refractivity contribution in [2.24, 2.45) is 0 Å². The van der Waals surface area contributed by atoms with E-state index in [1.807, 2.05) is 37.3 Å². The molecule has 2 N–H and O–H groups in total. The highest BCUT2D eigenvalue weighted by molar-refractivity contribution is 7.92. The summed E-state index contributed by atoms with van der Waals surface area (Å²) in [6.45, 7) is 2.00. The summed E-state index contributed by atoms with van der Waals surface area (Å²) in [4.78, 5) is -0.278. The zero-order valence-electron chi connectivity index (χ0n) is 14.1. The van der Waals surface area contributed by atoms with Gasteiger partial charge in [0.05, 0.1) is 28.3 Å². The molecule has 0 aliphatic heterocycles. The average Bonchev–Trinajstić information content (AvgIpc) is 3.00. The maximum atomic E-state index is 12.7. The van der Waals surface area contributed by atoms with Crippen LogP contribution in [0.4, 0.5) is 5.69 Å². The van der Waals surface area contributed by atoms with Gasteiger partial charge in [-0.05, 0) is 30.7 Å². The minimum Gasteiger partial charge on any atom is -0.505 e. The fourth-order valence-electron chi connectivity index (χ4n) is 2.64. The molecule has 0 bridgehead atoms. The molecular formula is C18H18ClN3O3S. The molecule has 2 aromatic carbocycles. The van der Waals surface area contributed by atoms with E-state index in [0.29, 0.717) is 12.1 Å². The second-order valence-electron chi connectivity index (χ2n) is 5.69. The van der Waals surface area contributed by atoms with Crippen LogP contribution in [-0.4, -0.2) is 23.3 Å². The van der Waals surface area contributed by atoms with Gasteiger partial charge in [-0.2, -0.15) is 5.10 Å². The van der Waals surface area contributed by atoms with Crippen molar-refractivity contribution in [3.05, 3.63) is 65.4 Å². The third-order valence-corrected chi connectivity index (χ3v) is 5.54. The summed E-state index contributed by atoms with van der Waals surface area (Å²) in [5.74, 6) is -0.478. The Morgan fingerprint density at radius 1 is 1.15 bits per heavy atom. The van der Waals surface area contributed by atoms with Gasteiger partial charge in [0.15, 0.2) is 5.75 Å². The summed E-state index contributed by atoms with van der Waals surface area (Å²) < 4.78 is 29.6. The molecule has 3 rings (SSSR count). The first kappa shape index (κ1) is 18.3. The lowest BCUT2D eigenvalue weighted by Gasteiger charge is -2.12. The van der Waals surface area contributed by atoms with Crippen LogP contribution < -0.4 is 4.72 Å². The second kappa shape index (κ2) is 7.39. The van der Waals surface area contributed by atoms with E-state index in [1.54, 1.807) is 4.68 Å². The van der Waals surface area contributed by atoms with Gasteiger partial charge >= 0.3 is 0 Å². The summed E-state index contributed by atoms with van der Waals surface area (Å²) in [6.07, 6.45) is 2.92. The number of nitrogens with zero attached hydrogens (tertiary/aromatic N) is 2. The Morgan fingerprint density at radius 3 is 2.58 bits per heavy atom. The Hall–Kier alpha value is -2.51. The number of halogens is 1. The number of aromatic hydroxyl groups is 1. The van der Waals surface area contributed by atoms with Gasteiger partial charge in [0.25, 0.3) is 10.0 Å². The largest absolute Gasteiger partial charge is 0.505 e. The average molecular weight is 392 g/mol. The highest BCUT2D eigenvalue weighted by Gasteiger charge is 2.23. The van der Waals surface area contributed by atoms with Gasteiger partial charge in [-0.1, -0.05) is 49.2 Å². The van der Waals surface area contributed by atoms with Gasteiger partial charge in [0.2, 0.25) is 0 Å². The van der Waals surface area contributed by atoms with Gasteiger partial charge in [-0.25, -0.2) is 13.1 Å². The molecular weight excluding hydrogens is 374 g/mol. The van der Waals surface area contributed by atoms with Crippen LogP contribution >= 0.6 is 11.6 Å². The minimum absolute atomic E-state index is 0.0263. The van der Waals surface area contributed by atoms with Crippen molar-refractivity contribution in [1.82, 2.24) is 9.78 Å². The van der Waals surface area contributed by atoms with E-state index in [2.05, 4.69) is 9.82 Å². The number of benzene rings is 2. The predicted molar refractivity (Wildman–Crippen MR) is 101 cm³/mol. The Labute approximate surface area is 157 Å². The summed E-state index contributed by atoms with van der Waals surface area (Å²) in [5.41, 5.74) is 1.95. The third-order valence-electron chi connectivity index (χ3n) is 3.84. The van der Waals surface area contributed by atoms with Gasteiger partial charge in [-0.3, -0.25) is 4.72 Å². The second-order valence-corrected chi connectivity index (χ2v) is 7.75. The van der Waals surface area contributed by atoms with Crippen molar-refractivity contribution in [3.63, 3.8) is 0 Å². The SMILES string of the molecule is CCCc1c(NS(=O)(=O)c2cccc(Cl)c2O)cnn1-c1ccccc1. The Morgan fingerprint density at radius 2 is 1.88 bits per heavy atom. The van der Waals surface area contributed by atoms with Crippen LogP contribution in [0.2, 0.25) is 5.02 Å². The van der Waals surface area contributed by atoms with Crippen LogP contribution in [-0.2, 0) is 16.4 Å². The highest BCUT2D eigenvalue weighted by Crippen LogP contribution is 2.32. The number of anilines is 1. The number of nitrogens with one attached hydrogen (secondary N) is 1. The first-order valence-electron chi connectivity index (χ1n) is 8.06. The standard InChI is InChI=1S/C18H18ClN3O3S/c1-2-7-16-15(12-20-22(16)13-8-4-3-5-9-13)21-26(24,25)17-11-6-10-14(19)18(17)23/h3-6,8-12,21,23H,2,7H2,1H3. The normalized spacial score (nSPS) is 11.5. The Kier molecular flexibility index (Phi) is 5.20. The van der Waals surface area contributed by atoms with Crippen LogP contribution in [0.15, 0.2) is 59.6 Å². The van der Waals surface area contributed by atoms with E-state index in [9.17, 15) is 13.5 Å². The topological polar surface area (TPSA) is 84.2 Å². The van der Waals surface area contributed by atoms with Crippen molar-refractivity contribution < 1.29 is 13.5 Å². The molecule has 26 heavy (non-hydrogen) atoms. The van der Waals surface area contributed by atoms with Crippen LogP contribution in [0.25, 0.3) is 5.69 Å². The molecule has 0 unspecified atom stereocenters. The zero-order valence-corrected chi connectivity index (χ0v) is 15.6. The Bertz CT molecular complexity index is 1020. The fourth-order valence-corrected chi connectivity index (χ4v) is 4.06. The van der Waals surface area contributed by atoms with Crippen molar-refractivity contribution in [3.8, 4) is 11.4 Å². The van der Waals surface area contributed by atoms with Gasteiger partial charge in [0, 0.05) is 0 Å². The maximum Gasteiger partial charge on any atom is 0.265 e. The molecule has 0 saturated carbocycles. The van der Waals surface area contributed by atoms with Gasteiger partial charge < -0.3 is 5.11 Å². The molecule has 0 amide bonds. The zero-order chi connectivity index (χ0) is 18.7. The molecule has 0 atom stereocenters.